The van der Waals surface area contributed by atoms with Crippen LogP contribution in [0.1, 0.15) is 30.7 Å². The third-order valence-corrected chi connectivity index (χ3v) is 4.70. The number of rotatable bonds is 6. The van der Waals surface area contributed by atoms with E-state index < -0.39 is 0 Å². The molecule has 2 unspecified atom stereocenters. The predicted molar refractivity (Wildman–Crippen MR) is 77.2 cm³/mol. The monoisotopic (exact) mass is 268 g/mol. The number of hydrogen-bond acceptors (Lipinski definition) is 4. The van der Waals surface area contributed by atoms with Gasteiger partial charge in [-0.2, -0.15) is 0 Å². The van der Waals surface area contributed by atoms with Crippen LogP contribution >= 0.6 is 11.3 Å². The van der Waals surface area contributed by atoms with Crippen LogP contribution in [0.2, 0.25) is 0 Å². The molecule has 3 nitrogen and oxygen atoms in total. The Morgan fingerprint density at radius 1 is 1.61 bits per heavy atom. The zero-order chi connectivity index (χ0) is 12.8. The van der Waals surface area contributed by atoms with Gasteiger partial charge in [-0.3, -0.25) is 4.90 Å². The molecule has 0 spiro atoms. The van der Waals surface area contributed by atoms with Gasteiger partial charge in [0, 0.05) is 37.7 Å². The Balaban J connectivity index is 1.66. The second-order valence-corrected chi connectivity index (χ2v) is 5.97. The molecule has 1 aliphatic rings. The van der Waals surface area contributed by atoms with Crippen LogP contribution < -0.4 is 5.32 Å². The Morgan fingerprint density at radius 3 is 3.22 bits per heavy atom. The summed E-state index contributed by atoms with van der Waals surface area (Å²) in [6, 6.07) is 4.78. The van der Waals surface area contributed by atoms with Crippen LogP contribution in [0.3, 0.4) is 0 Å². The molecule has 0 aliphatic carbocycles. The van der Waals surface area contributed by atoms with Gasteiger partial charge >= 0.3 is 0 Å². The predicted octanol–water partition coefficient (Wildman–Crippen LogP) is 2.51. The average Bonchev–Trinajstić information content (AvgIpc) is 2.93. The topological polar surface area (TPSA) is 24.5 Å². The van der Waals surface area contributed by atoms with E-state index in [2.05, 4.69) is 34.7 Å². The highest BCUT2D eigenvalue weighted by atomic mass is 32.1. The van der Waals surface area contributed by atoms with Gasteiger partial charge in [0.1, 0.15) is 0 Å². The van der Waals surface area contributed by atoms with Crippen molar-refractivity contribution in [2.45, 2.75) is 31.9 Å². The quantitative estimate of drug-likeness (QED) is 0.858. The van der Waals surface area contributed by atoms with Crippen molar-refractivity contribution < 1.29 is 4.74 Å². The molecular weight excluding hydrogens is 244 g/mol. The molecule has 1 aromatic heterocycles. The summed E-state index contributed by atoms with van der Waals surface area (Å²) in [5.41, 5.74) is 0. The van der Waals surface area contributed by atoms with E-state index in [0.717, 1.165) is 19.6 Å². The number of hydrogen-bond donors (Lipinski definition) is 1. The summed E-state index contributed by atoms with van der Waals surface area (Å²) in [7, 11) is 1.82. The molecule has 0 aromatic carbocycles. The SMILES string of the molecule is COC1CCCN(CCNC(C)c2cccs2)C1. The van der Waals surface area contributed by atoms with Crippen molar-refractivity contribution in [2.24, 2.45) is 0 Å². The van der Waals surface area contributed by atoms with Crippen molar-refractivity contribution in [2.75, 3.05) is 33.3 Å². The Hall–Kier alpha value is -0.420. The Kier molecular flexibility index (Phi) is 5.63. The van der Waals surface area contributed by atoms with Crippen molar-refractivity contribution in [1.29, 1.82) is 0 Å². The molecule has 1 aromatic rings. The number of thiophene rings is 1. The summed E-state index contributed by atoms with van der Waals surface area (Å²) in [5, 5.41) is 5.73. The summed E-state index contributed by atoms with van der Waals surface area (Å²) in [6.45, 7) is 6.71. The maximum atomic E-state index is 5.45. The number of likely N-dealkylation sites (tertiary alicyclic amines) is 1. The van der Waals surface area contributed by atoms with Crippen molar-refractivity contribution in [3.8, 4) is 0 Å². The molecule has 0 bridgehead atoms. The Labute approximate surface area is 114 Å². The zero-order valence-corrected chi connectivity index (χ0v) is 12.2. The molecule has 1 saturated heterocycles. The van der Waals surface area contributed by atoms with Crippen LogP contribution in [0.5, 0.6) is 0 Å². The maximum absolute atomic E-state index is 5.45. The lowest BCUT2D eigenvalue weighted by Gasteiger charge is -2.32. The minimum atomic E-state index is 0.438. The first-order valence-corrected chi connectivity index (χ1v) is 7.69. The average molecular weight is 268 g/mol. The van der Waals surface area contributed by atoms with E-state index >= 15 is 0 Å². The van der Waals surface area contributed by atoms with Gasteiger partial charge in [0.05, 0.1) is 6.10 Å². The van der Waals surface area contributed by atoms with Crippen LogP contribution in [-0.4, -0.2) is 44.3 Å². The first-order valence-electron chi connectivity index (χ1n) is 6.81. The molecule has 0 radical (unpaired) electrons. The van der Waals surface area contributed by atoms with Gasteiger partial charge in [0.15, 0.2) is 0 Å². The van der Waals surface area contributed by atoms with Gasteiger partial charge in [-0.1, -0.05) is 6.07 Å². The van der Waals surface area contributed by atoms with Crippen LogP contribution in [0, 0.1) is 0 Å². The van der Waals surface area contributed by atoms with Gasteiger partial charge in [0.2, 0.25) is 0 Å². The number of nitrogens with one attached hydrogen (secondary N) is 1. The van der Waals surface area contributed by atoms with Crippen LogP contribution in [0.15, 0.2) is 17.5 Å². The lowest BCUT2D eigenvalue weighted by Crippen LogP contribution is -2.42. The lowest BCUT2D eigenvalue weighted by molar-refractivity contribution is 0.0317. The van der Waals surface area contributed by atoms with E-state index in [1.807, 2.05) is 18.4 Å². The van der Waals surface area contributed by atoms with Gasteiger partial charge in [0.25, 0.3) is 0 Å². The fraction of sp³-hybridized carbons (Fsp3) is 0.714. The van der Waals surface area contributed by atoms with E-state index in [-0.39, 0.29) is 0 Å². The summed E-state index contributed by atoms with van der Waals surface area (Å²) in [5.74, 6) is 0. The van der Waals surface area contributed by atoms with Crippen molar-refractivity contribution in [3.05, 3.63) is 22.4 Å². The lowest BCUT2D eigenvalue weighted by atomic mass is 10.1. The highest BCUT2D eigenvalue weighted by Gasteiger charge is 2.18. The number of piperidine rings is 1. The Bertz CT molecular complexity index is 329. The normalized spacial score (nSPS) is 23.1. The van der Waals surface area contributed by atoms with E-state index in [4.69, 9.17) is 4.74 Å². The first-order chi connectivity index (χ1) is 8.79. The van der Waals surface area contributed by atoms with Crippen LogP contribution in [-0.2, 0) is 4.74 Å². The highest BCUT2D eigenvalue weighted by Crippen LogP contribution is 2.18. The van der Waals surface area contributed by atoms with Gasteiger partial charge < -0.3 is 10.1 Å². The third kappa shape index (κ3) is 4.05. The first kappa shape index (κ1) is 14.0. The minimum Gasteiger partial charge on any atom is -0.380 e. The van der Waals surface area contributed by atoms with Crippen LogP contribution in [0.4, 0.5) is 0 Å². The van der Waals surface area contributed by atoms with Gasteiger partial charge in [-0.25, -0.2) is 0 Å². The smallest absolute Gasteiger partial charge is 0.0698 e. The largest absolute Gasteiger partial charge is 0.380 e. The minimum absolute atomic E-state index is 0.438. The summed E-state index contributed by atoms with van der Waals surface area (Å²) < 4.78 is 5.45. The van der Waals surface area contributed by atoms with E-state index in [1.165, 1.54) is 24.3 Å². The standard InChI is InChI=1S/C14H24N2OS/c1-12(14-6-4-10-18-14)15-7-9-16-8-3-5-13(11-16)17-2/h4,6,10,12-13,15H,3,5,7-9,11H2,1-2H3. The highest BCUT2D eigenvalue weighted by molar-refractivity contribution is 7.10. The number of ether oxygens (including phenoxy) is 1. The molecule has 1 fully saturated rings. The molecule has 0 amide bonds. The third-order valence-electron chi connectivity index (χ3n) is 3.64. The van der Waals surface area contributed by atoms with E-state index in [1.54, 1.807) is 0 Å². The van der Waals surface area contributed by atoms with Crippen molar-refractivity contribution in [1.82, 2.24) is 10.2 Å². The molecule has 2 rings (SSSR count). The van der Waals surface area contributed by atoms with Crippen molar-refractivity contribution >= 4 is 11.3 Å². The van der Waals surface area contributed by atoms with Gasteiger partial charge in [-0.05, 0) is 37.8 Å². The number of nitrogens with zero attached hydrogens (tertiary/aromatic N) is 1. The molecule has 102 valence electrons. The van der Waals surface area contributed by atoms with Gasteiger partial charge in [-0.15, -0.1) is 11.3 Å². The summed E-state index contributed by atoms with van der Waals surface area (Å²) >= 11 is 1.82. The number of methoxy groups -OCH3 is 1. The molecule has 2 heterocycles. The fourth-order valence-corrected chi connectivity index (χ4v) is 3.24. The molecule has 1 aliphatic heterocycles. The fourth-order valence-electron chi connectivity index (χ4n) is 2.49. The maximum Gasteiger partial charge on any atom is 0.0698 e. The summed E-state index contributed by atoms with van der Waals surface area (Å²) in [4.78, 5) is 3.93. The zero-order valence-electron chi connectivity index (χ0n) is 11.4. The van der Waals surface area contributed by atoms with E-state index in [9.17, 15) is 0 Å². The second-order valence-electron chi connectivity index (χ2n) is 4.99. The molecular formula is C14H24N2OS. The van der Waals surface area contributed by atoms with Crippen LogP contribution in [0.25, 0.3) is 0 Å². The second kappa shape index (κ2) is 7.24. The molecule has 18 heavy (non-hydrogen) atoms. The molecule has 1 N–H and O–H groups in total. The summed E-state index contributed by atoms with van der Waals surface area (Å²) in [6.07, 6.45) is 2.92. The van der Waals surface area contributed by atoms with Crippen molar-refractivity contribution in [3.63, 3.8) is 0 Å². The van der Waals surface area contributed by atoms with E-state index in [0.29, 0.717) is 12.1 Å². The molecule has 4 heteroatoms. The Morgan fingerprint density at radius 2 is 2.50 bits per heavy atom. The molecule has 0 saturated carbocycles. The molecule has 2 atom stereocenters.